The first-order valence-corrected chi connectivity index (χ1v) is 11.7. The molecule has 0 saturated heterocycles. The van der Waals surface area contributed by atoms with Gasteiger partial charge in [-0.3, -0.25) is 4.79 Å². The second-order valence-corrected chi connectivity index (χ2v) is 8.07. The van der Waals surface area contributed by atoms with Gasteiger partial charge >= 0.3 is 30.3 Å². The molecule has 0 bridgehead atoms. The van der Waals surface area contributed by atoms with E-state index >= 15 is 0 Å². The fraction of sp³-hybridized carbons (Fsp3) is 0.364. The number of benzene rings is 2. The Morgan fingerprint density at radius 1 is 0.868 bits per heavy atom. The van der Waals surface area contributed by atoms with Crippen molar-refractivity contribution in [1.82, 2.24) is 10.6 Å². The number of amides is 1. The molecule has 5 N–H and O–H groups in total. The fourth-order valence-electron chi connectivity index (χ4n) is 2.50. The maximum absolute atomic E-state index is 11.9. The molecule has 212 valence electrons. The minimum atomic E-state index is -5.08. The van der Waals surface area contributed by atoms with Gasteiger partial charge in [-0.05, 0) is 34.8 Å². The second-order valence-electron chi connectivity index (χ2n) is 7.09. The van der Waals surface area contributed by atoms with Crippen molar-refractivity contribution < 1.29 is 60.8 Å². The highest BCUT2D eigenvalue weighted by Gasteiger charge is 2.38. The zero-order chi connectivity index (χ0) is 29.5. The van der Waals surface area contributed by atoms with E-state index in [1.54, 1.807) is 11.8 Å². The van der Waals surface area contributed by atoms with Crippen molar-refractivity contribution in [2.45, 2.75) is 31.4 Å². The van der Waals surface area contributed by atoms with E-state index in [4.69, 9.17) is 24.9 Å². The van der Waals surface area contributed by atoms with E-state index in [0.29, 0.717) is 18.7 Å². The zero-order valence-electron chi connectivity index (χ0n) is 19.6. The Morgan fingerprint density at radius 3 is 1.84 bits per heavy atom. The first kappa shape index (κ1) is 34.5. The van der Waals surface area contributed by atoms with Gasteiger partial charge in [-0.25, -0.2) is 14.4 Å². The molecule has 2 aromatic rings. The Morgan fingerprint density at radius 2 is 1.37 bits per heavy atom. The Bertz CT molecular complexity index is 1050. The van der Waals surface area contributed by atoms with Crippen LogP contribution in [0.4, 0.5) is 26.3 Å². The lowest BCUT2D eigenvalue weighted by Crippen LogP contribution is -2.44. The summed E-state index contributed by atoms with van der Waals surface area (Å²) in [4.78, 5) is 40.9. The number of aliphatic carboxylic acids is 3. The van der Waals surface area contributed by atoms with Gasteiger partial charge in [0.25, 0.3) is 0 Å². The molecule has 2 aromatic carbocycles. The minimum absolute atomic E-state index is 0.0896. The third-order valence-corrected chi connectivity index (χ3v) is 4.85. The average Bonchev–Trinajstić information content (AvgIpc) is 2.81. The van der Waals surface area contributed by atoms with Crippen LogP contribution < -0.4 is 10.6 Å². The molecule has 1 atom stereocenters. The molecule has 0 heterocycles. The summed E-state index contributed by atoms with van der Waals surface area (Å²) in [5.41, 5.74) is 1.11. The van der Waals surface area contributed by atoms with Gasteiger partial charge in [0.05, 0.1) is 6.54 Å². The Labute approximate surface area is 216 Å². The quantitative estimate of drug-likeness (QED) is 0.283. The maximum Gasteiger partial charge on any atom is 0.490 e. The number of nitrogens with one attached hydrogen (secondary N) is 2. The van der Waals surface area contributed by atoms with Crippen molar-refractivity contribution in [3.63, 3.8) is 0 Å². The normalized spacial score (nSPS) is 11.8. The molecule has 0 aromatic heterocycles. The van der Waals surface area contributed by atoms with E-state index in [9.17, 15) is 35.9 Å². The number of carboxylic acids is 3. The lowest BCUT2D eigenvalue weighted by atomic mass is 10.0. The van der Waals surface area contributed by atoms with Crippen LogP contribution in [0.3, 0.4) is 0 Å². The van der Waals surface area contributed by atoms with Gasteiger partial charge < -0.3 is 26.0 Å². The molecule has 0 unspecified atom stereocenters. The molecule has 0 fully saturated rings. The van der Waals surface area contributed by atoms with Crippen LogP contribution in [0.15, 0.2) is 42.5 Å². The number of hydrogen-bond acceptors (Lipinski definition) is 6. The summed E-state index contributed by atoms with van der Waals surface area (Å²) in [5.74, 6) is -6.11. The van der Waals surface area contributed by atoms with Crippen LogP contribution in [0, 0.1) is 0 Å². The van der Waals surface area contributed by atoms with Crippen LogP contribution in [0.2, 0.25) is 0 Å². The Hall–Kier alpha value is -3.53. The van der Waals surface area contributed by atoms with Crippen molar-refractivity contribution in [3.8, 4) is 0 Å². The van der Waals surface area contributed by atoms with Crippen molar-refractivity contribution in [3.05, 3.63) is 48.0 Å². The first-order valence-electron chi connectivity index (χ1n) is 10.3. The van der Waals surface area contributed by atoms with Gasteiger partial charge in [-0.1, -0.05) is 42.5 Å². The molecule has 0 saturated carbocycles. The number of rotatable bonds is 9. The van der Waals surface area contributed by atoms with E-state index in [0.717, 1.165) is 16.3 Å². The van der Waals surface area contributed by atoms with Gasteiger partial charge in [0, 0.05) is 6.54 Å². The third-order valence-electron chi connectivity index (χ3n) is 4.21. The summed E-state index contributed by atoms with van der Waals surface area (Å²) < 4.78 is 63.5. The van der Waals surface area contributed by atoms with Crippen LogP contribution in [0.25, 0.3) is 10.8 Å². The van der Waals surface area contributed by atoms with Crippen LogP contribution in [-0.4, -0.2) is 76.1 Å². The largest absolute Gasteiger partial charge is 0.490 e. The number of fused-ring (bicyclic) bond motifs is 1. The van der Waals surface area contributed by atoms with E-state index in [1.807, 2.05) is 30.5 Å². The lowest BCUT2D eigenvalue weighted by Gasteiger charge is -2.14. The highest BCUT2D eigenvalue weighted by Crippen LogP contribution is 2.18. The summed E-state index contributed by atoms with van der Waals surface area (Å²) in [6.07, 6.45) is -7.84. The molecule has 1 amide bonds. The van der Waals surface area contributed by atoms with E-state index in [-0.39, 0.29) is 12.5 Å². The van der Waals surface area contributed by atoms with Crippen molar-refractivity contribution in [2.24, 2.45) is 0 Å². The molecule has 0 spiro atoms. The zero-order valence-corrected chi connectivity index (χ0v) is 20.4. The van der Waals surface area contributed by atoms with Crippen molar-refractivity contribution in [1.29, 1.82) is 0 Å². The number of carbonyl (C=O) groups excluding carboxylic acids is 1. The molecule has 0 aliphatic rings. The monoisotopic (exact) mass is 574 g/mol. The second kappa shape index (κ2) is 16.3. The fourth-order valence-corrected chi connectivity index (χ4v) is 2.97. The number of carbonyl (C=O) groups is 4. The highest BCUT2D eigenvalue weighted by molar-refractivity contribution is 7.98. The predicted octanol–water partition coefficient (Wildman–Crippen LogP) is 3.52. The smallest absolute Gasteiger partial charge is 0.480 e. The van der Waals surface area contributed by atoms with Crippen LogP contribution in [0.1, 0.15) is 12.0 Å². The molecule has 2 rings (SSSR count). The minimum Gasteiger partial charge on any atom is -0.480 e. The lowest BCUT2D eigenvalue weighted by molar-refractivity contribution is -0.193. The number of thioether (sulfide) groups is 1. The van der Waals surface area contributed by atoms with Crippen LogP contribution in [-0.2, 0) is 25.7 Å². The molecule has 9 nitrogen and oxygen atoms in total. The number of hydrogen-bond donors (Lipinski definition) is 5. The number of carboxylic acid groups (broad SMARTS) is 3. The standard InChI is InChI=1S/C18H22N2O3S.2C2HF3O2/c1-24-10-9-16(18(22)23)20-17(21)12-19-11-14-7-4-6-13-5-2-3-8-15(13)14;2*3-2(4,5)1(6)7/h2-8,16,19H,9-12H2,1H3,(H,20,21)(H,22,23);2*(H,6,7)/t16-;;/m0../s1. The van der Waals surface area contributed by atoms with Gasteiger partial charge in [-0.15, -0.1) is 0 Å². The molecule has 16 heteroatoms. The summed E-state index contributed by atoms with van der Waals surface area (Å²) in [5, 5.41) is 31.3. The number of alkyl halides is 6. The third kappa shape index (κ3) is 14.3. The van der Waals surface area contributed by atoms with Gasteiger partial charge in [0.1, 0.15) is 6.04 Å². The average molecular weight is 574 g/mol. The summed E-state index contributed by atoms with van der Waals surface area (Å²) in [7, 11) is 0. The molecular formula is C22H24F6N2O7S. The van der Waals surface area contributed by atoms with Gasteiger partial charge in [0.2, 0.25) is 5.91 Å². The van der Waals surface area contributed by atoms with E-state index in [2.05, 4.69) is 28.8 Å². The Kier molecular flexibility index (Phi) is 14.8. The van der Waals surface area contributed by atoms with Gasteiger partial charge in [0.15, 0.2) is 0 Å². The molecule has 0 aliphatic heterocycles. The Balaban J connectivity index is 0.000000804. The molecule has 38 heavy (non-hydrogen) atoms. The first-order chi connectivity index (χ1) is 17.5. The molecular weight excluding hydrogens is 550 g/mol. The van der Waals surface area contributed by atoms with E-state index < -0.39 is 36.3 Å². The van der Waals surface area contributed by atoms with Crippen LogP contribution in [0.5, 0.6) is 0 Å². The number of halogens is 6. The van der Waals surface area contributed by atoms with Crippen LogP contribution >= 0.6 is 11.8 Å². The topological polar surface area (TPSA) is 153 Å². The predicted molar refractivity (Wildman–Crippen MR) is 126 cm³/mol. The summed E-state index contributed by atoms with van der Waals surface area (Å²) in [6, 6.07) is 13.3. The van der Waals surface area contributed by atoms with Crippen molar-refractivity contribution in [2.75, 3.05) is 18.6 Å². The van der Waals surface area contributed by atoms with E-state index in [1.165, 1.54) is 0 Å². The molecule has 0 radical (unpaired) electrons. The summed E-state index contributed by atoms with van der Waals surface area (Å²) in [6.45, 7) is 0.642. The maximum atomic E-state index is 11.9. The van der Waals surface area contributed by atoms with Crippen molar-refractivity contribution >= 4 is 46.3 Å². The molecule has 0 aliphatic carbocycles. The van der Waals surface area contributed by atoms with Gasteiger partial charge in [-0.2, -0.15) is 38.1 Å². The summed E-state index contributed by atoms with van der Waals surface area (Å²) >= 11 is 1.56. The SMILES string of the molecule is CSCC[C@H](NC(=O)CNCc1cccc2ccccc12)C(=O)O.O=C(O)C(F)(F)F.O=C(O)C(F)(F)F. The highest BCUT2D eigenvalue weighted by atomic mass is 32.2.